The summed E-state index contributed by atoms with van der Waals surface area (Å²) in [6.45, 7) is 2.38. The van der Waals surface area contributed by atoms with E-state index in [1.54, 1.807) is 51.8 Å². The van der Waals surface area contributed by atoms with Crippen LogP contribution in [-0.4, -0.2) is 69.9 Å². The molecule has 3 rings (SSSR count). The Bertz CT molecular complexity index is 1010. The Hall–Kier alpha value is -3.59. The lowest BCUT2D eigenvalue weighted by molar-refractivity contribution is -0.127. The van der Waals surface area contributed by atoms with Crippen molar-refractivity contribution in [1.29, 1.82) is 0 Å². The molecule has 2 amide bonds. The maximum absolute atomic E-state index is 13.1. The number of piperidine rings is 1. The summed E-state index contributed by atoms with van der Waals surface area (Å²) in [7, 11) is 4.65. The second-order valence-electron chi connectivity index (χ2n) is 8.92. The molecule has 0 saturated carbocycles. The van der Waals surface area contributed by atoms with E-state index in [2.05, 4.69) is 20.7 Å². The molecular formula is C28H38N4O5. The van der Waals surface area contributed by atoms with Gasteiger partial charge in [0, 0.05) is 17.7 Å². The molecule has 1 aliphatic heterocycles. The molecule has 0 spiro atoms. The molecule has 9 nitrogen and oxygen atoms in total. The molecule has 2 aromatic carbocycles. The molecule has 2 N–H and O–H groups in total. The predicted octanol–water partition coefficient (Wildman–Crippen LogP) is 3.62. The summed E-state index contributed by atoms with van der Waals surface area (Å²) in [5.74, 6) is 1.32. The number of carbonyl (C=O) groups is 2. The molecule has 1 atom stereocenters. The lowest BCUT2D eigenvalue weighted by atomic mass is 10.0. The van der Waals surface area contributed by atoms with Crippen LogP contribution in [0.1, 0.15) is 54.4 Å². The van der Waals surface area contributed by atoms with E-state index < -0.39 is 0 Å². The SMILES string of the molecule is COc1cc(/C=N/NC(=O)[C@@H](CCCCNC(=O)c2ccccc2)N2CCCCC2)cc(OC)c1OC. The Morgan fingerprint density at radius 1 is 0.973 bits per heavy atom. The zero-order chi connectivity index (χ0) is 26.5. The minimum absolute atomic E-state index is 0.0768. The van der Waals surface area contributed by atoms with E-state index in [1.807, 2.05) is 18.2 Å². The zero-order valence-corrected chi connectivity index (χ0v) is 22.0. The van der Waals surface area contributed by atoms with Gasteiger partial charge in [-0.1, -0.05) is 24.6 Å². The number of unbranched alkanes of at least 4 members (excludes halogenated alkanes) is 1. The van der Waals surface area contributed by atoms with Gasteiger partial charge in [0.15, 0.2) is 11.5 Å². The van der Waals surface area contributed by atoms with Crippen LogP contribution in [0.2, 0.25) is 0 Å². The molecule has 0 aliphatic carbocycles. The number of hydrazone groups is 1. The van der Waals surface area contributed by atoms with Crippen molar-refractivity contribution in [3.05, 3.63) is 53.6 Å². The quantitative estimate of drug-likeness (QED) is 0.243. The number of hydrogen-bond acceptors (Lipinski definition) is 7. The van der Waals surface area contributed by atoms with Crippen LogP contribution in [0.15, 0.2) is 47.6 Å². The highest BCUT2D eigenvalue weighted by molar-refractivity contribution is 5.94. The lowest BCUT2D eigenvalue weighted by Crippen LogP contribution is -2.47. The Kier molecular flexibility index (Phi) is 11.2. The van der Waals surface area contributed by atoms with Crippen LogP contribution < -0.4 is 25.0 Å². The molecule has 1 heterocycles. The smallest absolute Gasteiger partial charge is 0.257 e. The summed E-state index contributed by atoms with van der Waals surface area (Å²) in [5.41, 5.74) is 4.08. The van der Waals surface area contributed by atoms with Crippen molar-refractivity contribution in [2.75, 3.05) is 41.0 Å². The molecule has 37 heavy (non-hydrogen) atoms. The second kappa shape index (κ2) is 14.8. The van der Waals surface area contributed by atoms with Gasteiger partial charge in [0.1, 0.15) is 0 Å². The highest BCUT2D eigenvalue weighted by Crippen LogP contribution is 2.37. The average Bonchev–Trinajstić information content (AvgIpc) is 2.95. The summed E-state index contributed by atoms with van der Waals surface area (Å²) in [5, 5.41) is 7.16. The molecule has 1 saturated heterocycles. The number of nitrogens with one attached hydrogen (secondary N) is 2. The van der Waals surface area contributed by atoms with Gasteiger partial charge in [-0.15, -0.1) is 0 Å². The summed E-state index contributed by atoms with van der Waals surface area (Å²) in [6, 6.07) is 12.4. The number of benzene rings is 2. The van der Waals surface area contributed by atoms with Crippen LogP contribution in [0, 0.1) is 0 Å². The highest BCUT2D eigenvalue weighted by Gasteiger charge is 2.26. The van der Waals surface area contributed by atoms with Crippen LogP contribution in [0.5, 0.6) is 17.2 Å². The van der Waals surface area contributed by atoms with Crippen LogP contribution >= 0.6 is 0 Å². The van der Waals surface area contributed by atoms with Gasteiger partial charge < -0.3 is 19.5 Å². The molecule has 200 valence electrons. The molecule has 1 fully saturated rings. The number of nitrogens with zero attached hydrogens (tertiary/aromatic N) is 2. The third kappa shape index (κ3) is 8.21. The van der Waals surface area contributed by atoms with E-state index in [4.69, 9.17) is 14.2 Å². The Morgan fingerprint density at radius 2 is 1.65 bits per heavy atom. The van der Waals surface area contributed by atoms with Crippen molar-refractivity contribution in [3.8, 4) is 17.2 Å². The van der Waals surface area contributed by atoms with Gasteiger partial charge in [0.05, 0.1) is 33.6 Å². The van der Waals surface area contributed by atoms with Crippen molar-refractivity contribution in [1.82, 2.24) is 15.6 Å². The van der Waals surface area contributed by atoms with Gasteiger partial charge in [-0.3, -0.25) is 14.5 Å². The molecule has 9 heteroatoms. The number of methoxy groups -OCH3 is 3. The summed E-state index contributed by atoms with van der Waals surface area (Å²) in [4.78, 5) is 27.6. The second-order valence-corrected chi connectivity index (χ2v) is 8.92. The summed E-state index contributed by atoms with van der Waals surface area (Å²) >= 11 is 0. The number of carbonyl (C=O) groups excluding carboxylic acids is 2. The maximum atomic E-state index is 13.1. The first-order chi connectivity index (χ1) is 18.1. The highest BCUT2D eigenvalue weighted by atomic mass is 16.5. The first kappa shape index (κ1) is 28.0. The fourth-order valence-electron chi connectivity index (χ4n) is 4.49. The van der Waals surface area contributed by atoms with Gasteiger partial charge in [-0.25, -0.2) is 5.43 Å². The average molecular weight is 511 g/mol. The Morgan fingerprint density at radius 3 is 2.27 bits per heavy atom. The van der Waals surface area contributed by atoms with Gasteiger partial charge in [0.25, 0.3) is 11.8 Å². The van der Waals surface area contributed by atoms with Crippen molar-refractivity contribution in [2.24, 2.45) is 5.10 Å². The Labute approximate surface area is 219 Å². The largest absolute Gasteiger partial charge is 0.493 e. The van der Waals surface area contributed by atoms with E-state index >= 15 is 0 Å². The predicted molar refractivity (Wildman–Crippen MR) is 144 cm³/mol. The molecular weight excluding hydrogens is 472 g/mol. The fraction of sp³-hybridized carbons (Fsp3) is 0.464. The van der Waals surface area contributed by atoms with Gasteiger partial charge in [0.2, 0.25) is 5.75 Å². The van der Waals surface area contributed by atoms with Crippen molar-refractivity contribution < 1.29 is 23.8 Å². The third-order valence-electron chi connectivity index (χ3n) is 6.44. The first-order valence-electron chi connectivity index (χ1n) is 12.8. The minimum atomic E-state index is -0.262. The van der Waals surface area contributed by atoms with Crippen LogP contribution in [0.25, 0.3) is 0 Å². The van der Waals surface area contributed by atoms with Crippen LogP contribution in [-0.2, 0) is 4.79 Å². The molecule has 2 aromatic rings. The standard InChI is InChI=1S/C28H38N4O5/c1-35-24-18-21(19-25(36-2)26(24)37-3)20-30-31-28(34)23(32-16-10-5-11-17-32)14-8-9-15-29-27(33)22-12-6-4-7-13-22/h4,6-7,12-13,18-20,23H,5,8-11,14-17H2,1-3H3,(H,29,33)(H,31,34)/b30-20+/t23-/m1/s1. The third-order valence-corrected chi connectivity index (χ3v) is 6.44. The van der Waals surface area contributed by atoms with E-state index in [0.717, 1.165) is 38.8 Å². The molecule has 0 radical (unpaired) electrons. The van der Waals surface area contributed by atoms with E-state index in [0.29, 0.717) is 41.3 Å². The zero-order valence-electron chi connectivity index (χ0n) is 22.0. The van der Waals surface area contributed by atoms with Crippen molar-refractivity contribution in [2.45, 2.75) is 44.6 Å². The maximum Gasteiger partial charge on any atom is 0.257 e. The van der Waals surface area contributed by atoms with Gasteiger partial charge >= 0.3 is 0 Å². The summed E-state index contributed by atoms with van der Waals surface area (Å²) in [6.07, 6.45) is 7.25. The number of amides is 2. The molecule has 0 unspecified atom stereocenters. The topological polar surface area (TPSA) is 101 Å². The number of likely N-dealkylation sites (tertiary alicyclic amines) is 1. The molecule has 0 bridgehead atoms. The number of rotatable bonds is 13. The number of hydrogen-bond donors (Lipinski definition) is 2. The van der Waals surface area contributed by atoms with E-state index in [9.17, 15) is 9.59 Å². The number of ether oxygens (including phenoxy) is 3. The normalized spacial score (nSPS) is 14.7. The monoisotopic (exact) mass is 510 g/mol. The van der Waals surface area contributed by atoms with Crippen LogP contribution in [0.3, 0.4) is 0 Å². The first-order valence-corrected chi connectivity index (χ1v) is 12.8. The minimum Gasteiger partial charge on any atom is -0.493 e. The molecule has 1 aliphatic rings. The summed E-state index contributed by atoms with van der Waals surface area (Å²) < 4.78 is 16.1. The van der Waals surface area contributed by atoms with Gasteiger partial charge in [-0.05, 0) is 69.5 Å². The van der Waals surface area contributed by atoms with E-state index in [-0.39, 0.29) is 17.9 Å². The van der Waals surface area contributed by atoms with Gasteiger partial charge in [-0.2, -0.15) is 5.10 Å². The fourth-order valence-corrected chi connectivity index (χ4v) is 4.49. The van der Waals surface area contributed by atoms with Crippen molar-refractivity contribution in [3.63, 3.8) is 0 Å². The van der Waals surface area contributed by atoms with Crippen molar-refractivity contribution >= 4 is 18.0 Å². The van der Waals surface area contributed by atoms with Crippen LogP contribution in [0.4, 0.5) is 0 Å². The Balaban J connectivity index is 1.55. The lowest BCUT2D eigenvalue weighted by Gasteiger charge is -2.33. The molecule has 0 aromatic heterocycles. The van der Waals surface area contributed by atoms with E-state index in [1.165, 1.54) is 6.42 Å².